The van der Waals surface area contributed by atoms with Gasteiger partial charge in [-0.15, -0.1) is 0 Å². The topological polar surface area (TPSA) is 62.8 Å². The maximum Gasteiger partial charge on any atom is 0.287 e. The summed E-state index contributed by atoms with van der Waals surface area (Å²) in [4.78, 5) is 14.0. The molecule has 1 N–H and O–H groups in total. The molecule has 0 saturated carbocycles. The lowest BCUT2D eigenvalue weighted by molar-refractivity contribution is -0.619. The fourth-order valence-electron chi connectivity index (χ4n) is 2.91. The molecule has 2 heterocycles. The van der Waals surface area contributed by atoms with E-state index in [-0.39, 0.29) is 23.0 Å². The quantitative estimate of drug-likeness (QED) is 0.310. The van der Waals surface area contributed by atoms with Crippen LogP contribution in [0.15, 0.2) is 48.5 Å². The minimum atomic E-state index is -0.362. The Balaban J connectivity index is 0.00000144. The largest absolute Gasteiger partial charge is 1.00 e. The van der Waals surface area contributed by atoms with E-state index in [4.69, 9.17) is 0 Å². The molecule has 0 atom stereocenters. The summed E-state index contributed by atoms with van der Waals surface area (Å²) in [5.41, 5.74) is 3.15. The molecule has 5 nitrogen and oxygen atoms in total. The highest BCUT2D eigenvalue weighted by atomic mass is 35.5. The van der Waals surface area contributed by atoms with E-state index in [1.165, 1.54) is 6.07 Å². The third kappa shape index (κ3) is 1.90. The van der Waals surface area contributed by atoms with Gasteiger partial charge in [0.2, 0.25) is 0 Å². The van der Waals surface area contributed by atoms with Gasteiger partial charge in [0.1, 0.15) is 11.0 Å². The van der Waals surface area contributed by atoms with Crippen molar-refractivity contribution in [3.05, 3.63) is 58.6 Å². The molecule has 2 aromatic carbocycles. The minimum Gasteiger partial charge on any atom is -1.00 e. The summed E-state index contributed by atoms with van der Waals surface area (Å²) < 4.78 is 2.04. The van der Waals surface area contributed by atoms with Gasteiger partial charge in [-0.05, 0) is 24.3 Å². The molecular weight excluding hydrogens is 302 g/mol. The Morgan fingerprint density at radius 3 is 2.64 bits per heavy atom. The zero-order valence-corrected chi connectivity index (χ0v) is 12.5. The molecule has 0 amide bonds. The summed E-state index contributed by atoms with van der Waals surface area (Å²) in [6.45, 7) is 0. The summed E-state index contributed by atoms with van der Waals surface area (Å²) in [5, 5.41) is 14.0. The molecule has 0 fully saturated rings. The van der Waals surface area contributed by atoms with E-state index in [1.807, 2.05) is 35.9 Å². The number of nitro benzene ring substituents is 1. The van der Waals surface area contributed by atoms with Crippen molar-refractivity contribution >= 4 is 38.5 Å². The van der Waals surface area contributed by atoms with Crippen molar-refractivity contribution in [3.8, 4) is 0 Å². The van der Waals surface area contributed by atoms with Gasteiger partial charge in [-0.2, -0.15) is 0 Å². The molecule has 0 bridgehead atoms. The summed E-state index contributed by atoms with van der Waals surface area (Å²) in [7, 11) is 1.96. The molecule has 6 heteroatoms. The standard InChI is InChI=1S/C16H11N3O2.ClH/c1-18-15-7-6-11(19(20)21)8-10(15)9-13-12-4-2-3-5-14(12)17-16(13)18;/h2-9H,1H3;1H. The van der Waals surface area contributed by atoms with E-state index in [0.29, 0.717) is 0 Å². The van der Waals surface area contributed by atoms with Crippen LogP contribution in [0.5, 0.6) is 0 Å². The number of nitro groups is 1. The maximum atomic E-state index is 10.9. The highest BCUT2D eigenvalue weighted by Gasteiger charge is 2.17. The van der Waals surface area contributed by atoms with Gasteiger partial charge in [-0.3, -0.25) is 10.1 Å². The number of rotatable bonds is 1. The number of nitrogens with one attached hydrogen (secondary N) is 1. The van der Waals surface area contributed by atoms with Crippen LogP contribution < -0.4 is 17.0 Å². The van der Waals surface area contributed by atoms with Gasteiger partial charge >= 0.3 is 0 Å². The molecule has 4 rings (SSSR count). The van der Waals surface area contributed by atoms with Crippen molar-refractivity contribution in [2.24, 2.45) is 7.05 Å². The van der Waals surface area contributed by atoms with E-state index in [2.05, 4.69) is 11.1 Å². The summed E-state index contributed by atoms with van der Waals surface area (Å²) in [6.07, 6.45) is 0. The fraction of sp³-hybridized carbons (Fsp3) is 0.0625. The average molecular weight is 314 g/mol. The molecule has 0 aliphatic rings. The lowest BCUT2D eigenvalue weighted by atomic mass is 10.1. The first-order chi connectivity index (χ1) is 10.1. The molecular formula is C16H12ClN3O2. The van der Waals surface area contributed by atoms with E-state index in [0.717, 1.165) is 32.8 Å². The van der Waals surface area contributed by atoms with Gasteiger partial charge in [0, 0.05) is 22.9 Å². The molecule has 0 unspecified atom stereocenters. The number of H-pyrrole nitrogens is 1. The second-order valence-corrected chi connectivity index (χ2v) is 5.14. The van der Waals surface area contributed by atoms with Crippen molar-refractivity contribution in [2.75, 3.05) is 0 Å². The number of hydrogen-bond donors (Lipinski definition) is 1. The van der Waals surface area contributed by atoms with Crippen LogP contribution in [0.3, 0.4) is 0 Å². The number of aromatic nitrogens is 2. The SMILES string of the molecule is C[n+]1c2ccc([N+](=O)[O-])cc2cc2c3ccccc3[nH]c21.[Cl-]. The van der Waals surface area contributed by atoms with Crippen LogP contribution in [0.1, 0.15) is 0 Å². The van der Waals surface area contributed by atoms with E-state index >= 15 is 0 Å². The number of aryl methyl sites for hydroxylation is 1. The lowest BCUT2D eigenvalue weighted by Gasteiger charge is -2.01. The van der Waals surface area contributed by atoms with Crippen LogP contribution >= 0.6 is 0 Å². The van der Waals surface area contributed by atoms with Gasteiger partial charge in [0.05, 0.1) is 17.4 Å². The highest BCUT2D eigenvalue weighted by molar-refractivity contribution is 6.07. The van der Waals surface area contributed by atoms with Crippen LogP contribution in [-0.2, 0) is 7.05 Å². The van der Waals surface area contributed by atoms with Crippen LogP contribution in [0, 0.1) is 10.1 Å². The van der Waals surface area contributed by atoms with E-state index in [9.17, 15) is 10.1 Å². The lowest BCUT2D eigenvalue weighted by Crippen LogP contribution is -3.00. The monoisotopic (exact) mass is 313 g/mol. The van der Waals surface area contributed by atoms with Crippen LogP contribution in [0.25, 0.3) is 32.8 Å². The Bertz CT molecular complexity index is 1040. The Morgan fingerprint density at radius 2 is 1.86 bits per heavy atom. The zero-order chi connectivity index (χ0) is 14.6. The third-order valence-electron chi connectivity index (χ3n) is 3.94. The van der Waals surface area contributed by atoms with Gasteiger partial charge < -0.3 is 12.4 Å². The number of hydrogen-bond acceptors (Lipinski definition) is 2. The first kappa shape index (κ1) is 14.3. The number of pyridine rings is 1. The predicted molar refractivity (Wildman–Crippen MR) is 81.1 cm³/mol. The van der Waals surface area contributed by atoms with Crippen molar-refractivity contribution in [2.45, 2.75) is 0 Å². The Kier molecular flexibility index (Phi) is 3.22. The summed E-state index contributed by atoms with van der Waals surface area (Å²) >= 11 is 0. The van der Waals surface area contributed by atoms with Gasteiger partial charge in [-0.25, -0.2) is 9.55 Å². The third-order valence-corrected chi connectivity index (χ3v) is 3.94. The van der Waals surface area contributed by atoms with E-state index < -0.39 is 0 Å². The summed E-state index contributed by atoms with van der Waals surface area (Å²) in [5.74, 6) is 0. The zero-order valence-electron chi connectivity index (χ0n) is 11.7. The molecule has 110 valence electrons. The minimum absolute atomic E-state index is 0. The van der Waals surface area contributed by atoms with Crippen molar-refractivity contribution in [1.29, 1.82) is 0 Å². The molecule has 0 saturated heterocycles. The average Bonchev–Trinajstić information content (AvgIpc) is 2.86. The normalized spacial score (nSPS) is 11.0. The van der Waals surface area contributed by atoms with Crippen molar-refractivity contribution in [3.63, 3.8) is 0 Å². The number of fused-ring (bicyclic) bond motifs is 4. The predicted octanol–water partition coefficient (Wildman–Crippen LogP) is 0.211. The smallest absolute Gasteiger partial charge is 0.287 e. The van der Waals surface area contributed by atoms with Gasteiger partial charge in [-0.1, -0.05) is 12.1 Å². The molecule has 0 spiro atoms. The van der Waals surface area contributed by atoms with Crippen molar-refractivity contribution < 1.29 is 21.9 Å². The number of halogens is 1. The molecule has 22 heavy (non-hydrogen) atoms. The molecule has 0 aliphatic carbocycles. The molecule has 4 aromatic rings. The first-order valence-corrected chi connectivity index (χ1v) is 6.63. The molecule has 2 aromatic heterocycles. The Labute approximate surface area is 131 Å². The number of benzene rings is 2. The number of non-ortho nitro benzene ring substituents is 1. The second kappa shape index (κ2) is 4.96. The maximum absolute atomic E-state index is 10.9. The molecule has 0 aliphatic heterocycles. The van der Waals surface area contributed by atoms with Gasteiger partial charge in [0.25, 0.3) is 11.3 Å². The van der Waals surface area contributed by atoms with Crippen LogP contribution in [-0.4, -0.2) is 9.91 Å². The van der Waals surface area contributed by atoms with Gasteiger partial charge in [0.15, 0.2) is 0 Å². The summed E-state index contributed by atoms with van der Waals surface area (Å²) in [6, 6.07) is 15.0. The fourth-order valence-corrected chi connectivity index (χ4v) is 2.91. The highest BCUT2D eigenvalue weighted by Crippen LogP contribution is 2.27. The Hall–Kier alpha value is -2.66. The molecule has 0 radical (unpaired) electrons. The van der Waals surface area contributed by atoms with Crippen molar-refractivity contribution in [1.82, 2.24) is 4.98 Å². The number of nitrogens with zero attached hydrogens (tertiary/aromatic N) is 2. The van der Waals surface area contributed by atoms with Crippen LogP contribution in [0.2, 0.25) is 0 Å². The first-order valence-electron chi connectivity index (χ1n) is 6.63. The number of para-hydroxylation sites is 1. The van der Waals surface area contributed by atoms with Crippen LogP contribution in [0.4, 0.5) is 5.69 Å². The Morgan fingerprint density at radius 1 is 1.09 bits per heavy atom. The number of aromatic amines is 1. The second-order valence-electron chi connectivity index (χ2n) is 5.14. The van der Waals surface area contributed by atoms with E-state index in [1.54, 1.807) is 12.1 Å².